The van der Waals surface area contributed by atoms with Crippen molar-refractivity contribution in [2.75, 3.05) is 5.73 Å². The molecule has 84 valence electrons. The van der Waals surface area contributed by atoms with E-state index in [1.807, 2.05) is 24.3 Å². The molecular formula is C11H9N5O. The van der Waals surface area contributed by atoms with Gasteiger partial charge in [0.05, 0.1) is 29.8 Å². The fourth-order valence-corrected chi connectivity index (χ4v) is 1.59. The van der Waals surface area contributed by atoms with Gasteiger partial charge in [0.25, 0.3) is 0 Å². The van der Waals surface area contributed by atoms with Gasteiger partial charge in [-0.25, -0.2) is 0 Å². The van der Waals surface area contributed by atoms with Crippen LogP contribution in [0, 0.1) is 0 Å². The zero-order valence-corrected chi connectivity index (χ0v) is 8.82. The van der Waals surface area contributed by atoms with Gasteiger partial charge in [-0.05, 0) is 17.7 Å². The van der Waals surface area contributed by atoms with E-state index in [0.717, 1.165) is 16.8 Å². The number of benzene rings is 1. The quantitative estimate of drug-likeness (QED) is 0.717. The Bertz CT molecular complexity index is 612. The predicted molar refractivity (Wildman–Crippen MR) is 61.3 cm³/mol. The van der Waals surface area contributed by atoms with Crippen molar-refractivity contribution in [2.45, 2.75) is 0 Å². The van der Waals surface area contributed by atoms with Gasteiger partial charge >= 0.3 is 0 Å². The molecule has 2 aromatic heterocycles. The number of nitrogen functional groups attached to an aromatic ring is 1. The molecule has 0 saturated carbocycles. The van der Waals surface area contributed by atoms with Crippen molar-refractivity contribution in [2.24, 2.45) is 0 Å². The van der Waals surface area contributed by atoms with Crippen LogP contribution in [0.15, 0.2) is 47.4 Å². The summed E-state index contributed by atoms with van der Waals surface area (Å²) < 4.78 is 4.82. The van der Waals surface area contributed by atoms with Gasteiger partial charge < -0.3 is 10.3 Å². The molecule has 0 saturated heterocycles. The van der Waals surface area contributed by atoms with E-state index in [0.29, 0.717) is 5.88 Å². The van der Waals surface area contributed by atoms with E-state index in [2.05, 4.69) is 15.4 Å². The summed E-state index contributed by atoms with van der Waals surface area (Å²) in [6, 6.07) is 7.65. The van der Waals surface area contributed by atoms with Crippen LogP contribution in [-0.4, -0.2) is 20.2 Å². The Morgan fingerprint density at radius 2 is 1.76 bits per heavy atom. The van der Waals surface area contributed by atoms with Crippen molar-refractivity contribution in [1.82, 2.24) is 20.2 Å². The van der Waals surface area contributed by atoms with Crippen LogP contribution < -0.4 is 5.73 Å². The van der Waals surface area contributed by atoms with Gasteiger partial charge in [0.2, 0.25) is 5.88 Å². The first-order valence-electron chi connectivity index (χ1n) is 5.02. The Kier molecular flexibility index (Phi) is 2.11. The van der Waals surface area contributed by atoms with Crippen molar-refractivity contribution >= 4 is 5.88 Å². The van der Waals surface area contributed by atoms with E-state index in [1.54, 1.807) is 23.4 Å². The Balaban J connectivity index is 1.99. The van der Waals surface area contributed by atoms with Gasteiger partial charge in [-0.15, -0.1) is 0 Å². The molecule has 0 aliphatic carbocycles. The molecule has 17 heavy (non-hydrogen) atoms. The van der Waals surface area contributed by atoms with Crippen molar-refractivity contribution in [3.8, 4) is 16.8 Å². The third kappa shape index (κ3) is 1.65. The third-order valence-electron chi connectivity index (χ3n) is 2.43. The molecule has 0 aliphatic rings. The zero-order chi connectivity index (χ0) is 11.7. The van der Waals surface area contributed by atoms with Gasteiger partial charge in [-0.2, -0.15) is 15.0 Å². The Labute approximate surface area is 96.6 Å². The molecular weight excluding hydrogens is 218 g/mol. The van der Waals surface area contributed by atoms with Crippen molar-refractivity contribution in [3.63, 3.8) is 0 Å². The van der Waals surface area contributed by atoms with Gasteiger partial charge in [0.1, 0.15) is 0 Å². The molecule has 1 aromatic carbocycles. The number of nitrogens with two attached hydrogens (primary N) is 1. The lowest BCUT2D eigenvalue weighted by Crippen LogP contribution is -1.97. The van der Waals surface area contributed by atoms with E-state index < -0.39 is 0 Å². The van der Waals surface area contributed by atoms with Crippen LogP contribution in [0.1, 0.15) is 0 Å². The van der Waals surface area contributed by atoms with Gasteiger partial charge in [-0.1, -0.05) is 17.3 Å². The van der Waals surface area contributed by atoms with Crippen LogP contribution in [0.25, 0.3) is 16.8 Å². The largest absolute Gasteiger partial charge is 0.367 e. The monoisotopic (exact) mass is 227 g/mol. The molecule has 0 aliphatic heterocycles. The van der Waals surface area contributed by atoms with Crippen molar-refractivity contribution < 1.29 is 4.52 Å². The summed E-state index contributed by atoms with van der Waals surface area (Å²) in [5.41, 5.74) is 8.26. The summed E-state index contributed by atoms with van der Waals surface area (Å²) in [4.78, 5) is 1.54. The lowest BCUT2D eigenvalue weighted by molar-refractivity contribution is 0.436. The van der Waals surface area contributed by atoms with Gasteiger partial charge in [0.15, 0.2) is 0 Å². The fourth-order valence-electron chi connectivity index (χ4n) is 1.59. The maximum Gasteiger partial charge on any atom is 0.229 e. The predicted octanol–water partition coefficient (Wildman–Crippen LogP) is 1.50. The maximum atomic E-state index is 5.65. The summed E-state index contributed by atoms with van der Waals surface area (Å²) in [5.74, 6) is 0.315. The number of nitrogens with zero attached hydrogens (tertiary/aromatic N) is 4. The standard InChI is InChI=1S/C11H9N5O/c12-11-10(7-15-17-11)8-1-3-9(4-2-8)16-13-5-6-14-16/h1-7H,12H2. The Morgan fingerprint density at radius 1 is 1.06 bits per heavy atom. The van der Waals surface area contributed by atoms with Crippen LogP contribution in [-0.2, 0) is 0 Å². The highest BCUT2D eigenvalue weighted by Crippen LogP contribution is 2.25. The number of hydrogen-bond donors (Lipinski definition) is 1. The van der Waals surface area contributed by atoms with E-state index in [1.165, 1.54) is 0 Å². The molecule has 0 radical (unpaired) electrons. The average molecular weight is 227 g/mol. The molecule has 0 fully saturated rings. The van der Waals surface area contributed by atoms with Crippen LogP contribution in [0.3, 0.4) is 0 Å². The second-order valence-electron chi connectivity index (χ2n) is 3.47. The van der Waals surface area contributed by atoms with E-state index in [4.69, 9.17) is 10.3 Å². The molecule has 6 heteroatoms. The normalized spacial score (nSPS) is 10.6. The summed E-state index contributed by atoms with van der Waals surface area (Å²) >= 11 is 0. The second kappa shape index (κ2) is 3.75. The number of aromatic nitrogens is 4. The Morgan fingerprint density at radius 3 is 2.35 bits per heavy atom. The molecule has 0 amide bonds. The third-order valence-corrected chi connectivity index (χ3v) is 2.43. The molecule has 0 bridgehead atoms. The van der Waals surface area contributed by atoms with Gasteiger partial charge in [0, 0.05) is 0 Å². The highest BCUT2D eigenvalue weighted by atomic mass is 16.5. The highest BCUT2D eigenvalue weighted by Gasteiger charge is 2.07. The summed E-state index contributed by atoms with van der Waals surface area (Å²) in [6.45, 7) is 0. The Hall–Kier alpha value is -2.63. The smallest absolute Gasteiger partial charge is 0.229 e. The van der Waals surface area contributed by atoms with E-state index in [-0.39, 0.29) is 0 Å². The van der Waals surface area contributed by atoms with Crippen molar-refractivity contribution in [3.05, 3.63) is 42.9 Å². The maximum absolute atomic E-state index is 5.65. The zero-order valence-electron chi connectivity index (χ0n) is 8.82. The number of anilines is 1. The molecule has 0 atom stereocenters. The van der Waals surface area contributed by atoms with E-state index >= 15 is 0 Å². The summed E-state index contributed by atoms with van der Waals surface area (Å²) in [5, 5.41) is 11.7. The summed E-state index contributed by atoms with van der Waals surface area (Å²) in [6.07, 6.45) is 4.86. The minimum absolute atomic E-state index is 0.315. The first kappa shape index (κ1) is 9.59. The molecule has 0 spiro atoms. The van der Waals surface area contributed by atoms with Crippen LogP contribution in [0.4, 0.5) is 5.88 Å². The first-order valence-corrected chi connectivity index (χ1v) is 5.02. The minimum atomic E-state index is 0.315. The molecule has 2 N–H and O–H groups in total. The minimum Gasteiger partial charge on any atom is -0.367 e. The molecule has 3 rings (SSSR count). The summed E-state index contributed by atoms with van der Waals surface area (Å²) in [7, 11) is 0. The lowest BCUT2D eigenvalue weighted by Gasteiger charge is -2.01. The molecule has 6 nitrogen and oxygen atoms in total. The van der Waals surface area contributed by atoms with Crippen LogP contribution in [0.5, 0.6) is 0 Å². The van der Waals surface area contributed by atoms with Crippen LogP contribution in [0.2, 0.25) is 0 Å². The molecule has 3 aromatic rings. The highest BCUT2D eigenvalue weighted by molar-refractivity contribution is 5.72. The van der Waals surface area contributed by atoms with Gasteiger partial charge in [-0.3, -0.25) is 0 Å². The average Bonchev–Trinajstić information content (AvgIpc) is 3.00. The SMILES string of the molecule is Nc1oncc1-c1ccc(-n2nccn2)cc1. The number of rotatable bonds is 2. The van der Waals surface area contributed by atoms with E-state index in [9.17, 15) is 0 Å². The molecule has 2 heterocycles. The molecule has 0 unspecified atom stereocenters. The van der Waals surface area contributed by atoms with Crippen LogP contribution >= 0.6 is 0 Å². The first-order chi connectivity index (χ1) is 8.34. The fraction of sp³-hybridized carbons (Fsp3) is 0. The van der Waals surface area contributed by atoms with Crippen molar-refractivity contribution in [1.29, 1.82) is 0 Å². The number of hydrogen-bond acceptors (Lipinski definition) is 5. The lowest BCUT2D eigenvalue weighted by atomic mass is 10.1. The second-order valence-corrected chi connectivity index (χ2v) is 3.47. The topological polar surface area (TPSA) is 82.8 Å².